The topological polar surface area (TPSA) is 42.1 Å². The Morgan fingerprint density at radius 3 is 2.82 bits per heavy atom. The zero-order valence-corrected chi connectivity index (χ0v) is 13.7. The first kappa shape index (κ1) is 14.6. The number of imidazole rings is 1. The fourth-order valence-corrected chi connectivity index (χ4v) is 2.94. The van der Waals surface area contributed by atoms with Gasteiger partial charge in [0.1, 0.15) is 5.69 Å². The Kier molecular flexibility index (Phi) is 4.11. The second-order valence-electron chi connectivity index (χ2n) is 4.86. The van der Waals surface area contributed by atoms with Gasteiger partial charge in [0.2, 0.25) is 5.88 Å². The van der Waals surface area contributed by atoms with Gasteiger partial charge in [-0.05, 0) is 26.0 Å². The minimum absolute atomic E-state index is 0.593. The third-order valence-electron chi connectivity index (χ3n) is 3.41. The number of anilines is 1. The molecule has 5 nitrogen and oxygen atoms in total. The molecule has 0 radical (unpaired) electrons. The van der Waals surface area contributed by atoms with Crippen LogP contribution in [0, 0.1) is 6.92 Å². The lowest BCUT2D eigenvalue weighted by Crippen LogP contribution is -2.15. The number of rotatable bonds is 5. The number of hydrazone groups is 1. The van der Waals surface area contributed by atoms with Crippen LogP contribution in [-0.4, -0.2) is 29.3 Å². The van der Waals surface area contributed by atoms with Crippen molar-refractivity contribution in [2.75, 3.05) is 18.7 Å². The summed E-state index contributed by atoms with van der Waals surface area (Å²) in [5.74, 6) is 0.593. The van der Waals surface area contributed by atoms with Crippen LogP contribution in [0.5, 0.6) is 5.88 Å². The predicted octanol–water partition coefficient (Wildman–Crippen LogP) is 3.57. The third-order valence-corrected chi connectivity index (χ3v) is 4.17. The molecule has 1 aromatic carbocycles. The van der Waals surface area contributed by atoms with Gasteiger partial charge in [0, 0.05) is 18.1 Å². The van der Waals surface area contributed by atoms with Crippen LogP contribution in [0.1, 0.15) is 18.2 Å². The summed E-state index contributed by atoms with van der Waals surface area (Å²) in [6, 6.07) is 8.32. The molecule has 3 rings (SSSR count). The summed E-state index contributed by atoms with van der Waals surface area (Å²) in [5, 5.41) is 8.54. The molecular formula is C16H18N4OS. The van der Waals surface area contributed by atoms with Crippen LogP contribution in [0.3, 0.4) is 0 Å². The molecule has 114 valence electrons. The lowest BCUT2D eigenvalue weighted by atomic mass is 10.2. The second kappa shape index (κ2) is 6.19. The van der Waals surface area contributed by atoms with Crippen LogP contribution in [-0.2, 0) is 0 Å². The molecule has 2 aromatic heterocycles. The number of fused-ring (bicyclic) bond motifs is 1. The summed E-state index contributed by atoms with van der Waals surface area (Å²) >= 11 is 1.57. The van der Waals surface area contributed by atoms with Crippen molar-refractivity contribution in [3.63, 3.8) is 0 Å². The maximum atomic E-state index is 5.34. The Labute approximate surface area is 133 Å². The van der Waals surface area contributed by atoms with Crippen LogP contribution >= 0.6 is 11.3 Å². The second-order valence-corrected chi connectivity index (χ2v) is 5.73. The van der Waals surface area contributed by atoms with Crippen LogP contribution in [0.4, 0.5) is 5.69 Å². The summed E-state index contributed by atoms with van der Waals surface area (Å²) in [6.45, 7) is 4.94. The molecule has 0 fully saturated rings. The number of thiazole rings is 1. The summed E-state index contributed by atoms with van der Waals surface area (Å²) < 4.78 is 7.32. The zero-order valence-electron chi connectivity index (χ0n) is 12.9. The molecular weight excluding hydrogens is 296 g/mol. The van der Waals surface area contributed by atoms with E-state index in [1.807, 2.05) is 21.0 Å². The quantitative estimate of drug-likeness (QED) is 0.534. The van der Waals surface area contributed by atoms with E-state index in [2.05, 4.69) is 48.2 Å². The fraction of sp³-hybridized carbons (Fsp3) is 0.250. The van der Waals surface area contributed by atoms with Crippen LogP contribution in [0.25, 0.3) is 4.96 Å². The third kappa shape index (κ3) is 2.69. The van der Waals surface area contributed by atoms with Crippen molar-refractivity contribution < 1.29 is 4.74 Å². The van der Waals surface area contributed by atoms with Crippen LogP contribution in [0.2, 0.25) is 0 Å². The minimum atomic E-state index is 0.593. The SMILES string of the molecule is CCN(N=Cc1c(OC)nc2sccn12)c1ccc(C)cc1. The van der Waals surface area contributed by atoms with E-state index in [0.717, 1.165) is 22.9 Å². The Bertz CT molecular complexity index is 788. The predicted molar refractivity (Wildman–Crippen MR) is 91.4 cm³/mol. The zero-order chi connectivity index (χ0) is 15.5. The van der Waals surface area contributed by atoms with E-state index in [1.165, 1.54) is 5.56 Å². The van der Waals surface area contributed by atoms with Crippen molar-refractivity contribution >= 4 is 28.2 Å². The van der Waals surface area contributed by atoms with E-state index in [9.17, 15) is 0 Å². The number of hydrogen-bond donors (Lipinski definition) is 0. The summed E-state index contributed by atoms with van der Waals surface area (Å²) in [4.78, 5) is 5.33. The summed E-state index contributed by atoms with van der Waals surface area (Å²) in [6.07, 6.45) is 3.77. The lowest BCUT2D eigenvalue weighted by Gasteiger charge is -2.16. The van der Waals surface area contributed by atoms with Gasteiger partial charge in [0.05, 0.1) is 19.0 Å². The van der Waals surface area contributed by atoms with Gasteiger partial charge >= 0.3 is 0 Å². The van der Waals surface area contributed by atoms with Crippen molar-refractivity contribution in [3.05, 3.63) is 47.1 Å². The van der Waals surface area contributed by atoms with Gasteiger partial charge in [-0.15, -0.1) is 11.3 Å². The maximum Gasteiger partial charge on any atom is 0.242 e. The highest BCUT2D eigenvalue weighted by atomic mass is 32.1. The molecule has 0 bridgehead atoms. The van der Waals surface area contributed by atoms with Crippen molar-refractivity contribution in [3.8, 4) is 5.88 Å². The highest BCUT2D eigenvalue weighted by Crippen LogP contribution is 2.22. The van der Waals surface area contributed by atoms with E-state index < -0.39 is 0 Å². The van der Waals surface area contributed by atoms with E-state index >= 15 is 0 Å². The molecule has 0 spiro atoms. The molecule has 0 saturated heterocycles. The maximum absolute atomic E-state index is 5.34. The number of aryl methyl sites for hydroxylation is 1. The highest BCUT2D eigenvalue weighted by Gasteiger charge is 2.12. The molecule has 3 aromatic rings. The number of methoxy groups -OCH3 is 1. The molecule has 0 aliphatic rings. The Morgan fingerprint density at radius 2 is 2.14 bits per heavy atom. The largest absolute Gasteiger partial charge is 0.479 e. The minimum Gasteiger partial charge on any atom is -0.479 e. The van der Waals surface area contributed by atoms with Gasteiger partial charge in [0.15, 0.2) is 4.96 Å². The standard InChI is InChI=1S/C16H18N4OS/c1-4-20(13-7-5-12(2)6-8-13)17-11-14-15(21-3)18-16-19(14)9-10-22-16/h5-11H,4H2,1-3H3. The summed E-state index contributed by atoms with van der Waals surface area (Å²) in [5.41, 5.74) is 3.15. The fourth-order valence-electron chi connectivity index (χ4n) is 2.22. The van der Waals surface area contributed by atoms with Crippen molar-refractivity contribution in [2.45, 2.75) is 13.8 Å². The number of aromatic nitrogens is 2. The molecule has 0 N–H and O–H groups in total. The van der Waals surface area contributed by atoms with Gasteiger partial charge in [0.25, 0.3) is 0 Å². The highest BCUT2D eigenvalue weighted by molar-refractivity contribution is 7.15. The van der Waals surface area contributed by atoms with E-state index in [-0.39, 0.29) is 0 Å². The Balaban J connectivity index is 1.93. The van der Waals surface area contributed by atoms with Gasteiger partial charge in [-0.2, -0.15) is 10.1 Å². The average molecular weight is 314 g/mol. The number of nitrogens with zero attached hydrogens (tertiary/aromatic N) is 4. The van der Waals surface area contributed by atoms with E-state index in [1.54, 1.807) is 24.7 Å². The molecule has 0 amide bonds. The van der Waals surface area contributed by atoms with E-state index in [0.29, 0.717) is 5.88 Å². The van der Waals surface area contributed by atoms with Gasteiger partial charge in [-0.25, -0.2) is 0 Å². The van der Waals surface area contributed by atoms with Crippen molar-refractivity contribution in [2.24, 2.45) is 5.10 Å². The summed E-state index contributed by atoms with van der Waals surface area (Å²) in [7, 11) is 1.63. The molecule has 6 heteroatoms. The van der Waals surface area contributed by atoms with Crippen molar-refractivity contribution in [1.29, 1.82) is 0 Å². The van der Waals surface area contributed by atoms with Gasteiger partial charge in [-0.3, -0.25) is 9.41 Å². The molecule has 0 aliphatic carbocycles. The normalized spacial score (nSPS) is 11.4. The molecule has 0 atom stereocenters. The molecule has 22 heavy (non-hydrogen) atoms. The van der Waals surface area contributed by atoms with Crippen LogP contribution in [0.15, 0.2) is 40.9 Å². The van der Waals surface area contributed by atoms with E-state index in [4.69, 9.17) is 4.74 Å². The number of hydrogen-bond acceptors (Lipinski definition) is 5. The monoisotopic (exact) mass is 314 g/mol. The Hall–Kier alpha value is -2.34. The van der Waals surface area contributed by atoms with Gasteiger partial charge < -0.3 is 4.74 Å². The average Bonchev–Trinajstić information content (AvgIpc) is 3.11. The molecule has 0 saturated carbocycles. The molecule has 0 aliphatic heterocycles. The first-order valence-corrected chi connectivity index (χ1v) is 7.98. The first-order valence-electron chi connectivity index (χ1n) is 7.10. The van der Waals surface area contributed by atoms with Crippen LogP contribution < -0.4 is 9.75 Å². The molecule has 2 heterocycles. The van der Waals surface area contributed by atoms with Crippen molar-refractivity contribution in [1.82, 2.24) is 9.38 Å². The lowest BCUT2D eigenvalue weighted by molar-refractivity contribution is 0.400. The smallest absolute Gasteiger partial charge is 0.242 e. The first-order chi connectivity index (χ1) is 10.7. The number of ether oxygens (including phenoxy) is 1. The molecule has 0 unspecified atom stereocenters. The Morgan fingerprint density at radius 1 is 1.36 bits per heavy atom. The van der Waals surface area contributed by atoms with Gasteiger partial charge in [-0.1, -0.05) is 17.7 Å². The number of benzene rings is 1.